The number of nitrogens with one attached hydrogen (secondary N) is 1. The van der Waals surface area contributed by atoms with Gasteiger partial charge in [0.25, 0.3) is 5.91 Å². The number of hydrogen-bond acceptors (Lipinski definition) is 5. The van der Waals surface area contributed by atoms with E-state index in [4.69, 9.17) is 9.52 Å². The molecule has 0 saturated carbocycles. The van der Waals surface area contributed by atoms with Gasteiger partial charge in [-0.05, 0) is 28.1 Å². The van der Waals surface area contributed by atoms with E-state index >= 15 is 0 Å². The van der Waals surface area contributed by atoms with Gasteiger partial charge in [0, 0.05) is 14.2 Å². The minimum Gasteiger partial charge on any atom is -0.479 e. The number of hydrogen-bond donors (Lipinski definition) is 2. The molecule has 1 atom stereocenters. The van der Waals surface area contributed by atoms with Crippen molar-refractivity contribution in [2.24, 2.45) is 0 Å². The summed E-state index contributed by atoms with van der Waals surface area (Å²) in [6, 6.07) is 3.05. The number of ether oxygens (including phenoxy) is 1. The highest BCUT2D eigenvalue weighted by Crippen LogP contribution is 2.15. The maximum Gasteiger partial charge on any atom is 0.334 e. The van der Waals surface area contributed by atoms with Crippen LogP contribution in [0.15, 0.2) is 21.2 Å². The van der Waals surface area contributed by atoms with E-state index in [9.17, 15) is 14.4 Å². The lowest BCUT2D eigenvalue weighted by Gasteiger charge is -2.16. The van der Waals surface area contributed by atoms with E-state index in [0.717, 1.165) is 4.90 Å². The van der Waals surface area contributed by atoms with Crippen LogP contribution in [0.3, 0.4) is 0 Å². The summed E-state index contributed by atoms with van der Waals surface area (Å²) in [6.07, 6.45) is -1.13. The molecule has 1 unspecified atom stereocenters. The number of likely N-dealkylation sites (N-methyl/N-ethyl adjacent to an activating group) is 1. The zero-order chi connectivity index (χ0) is 16.0. The van der Waals surface area contributed by atoms with Gasteiger partial charge in [-0.3, -0.25) is 9.59 Å². The van der Waals surface area contributed by atoms with Gasteiger partial charge in [-0.25, -0.2) is 4.79 Å². The second-order valence-corrected chi connectivity index (χ2v) is 4.91. The Bertz CT molecular complexity index is 530. The third kappa shape index (κ3) is 5.20. The minimum absolute atomic E-state index is 0.0949. The highest BCUT2D eigenvalue weighted by molar-refractivity contribution is 9.10. The van der Waals surface area contributed by atoms with Crippen LogP contribution in [-0.4, -0.2) is 61.1 Å². The van der Waals surface area contributed by atoms with E-state index < -0.39 is 23.9 Å². The molecule has 0 aromatic carbocycles. The Hall–Kier alpha value is -1.87. The van der Waals surface area contributed by atoms with Crippen LogP contribution in [0.25, 0.3) is 0 Å². The number of furan rings is 1. The Balaban J connectivity index is 2.47. The molecule has 0 aliphatic heterocycles. The second kappa shape index (κ2) is 7.79. The molecule has 8 nitrogen and oxygen atoms in total. The van der Waals surface area contributed by atoms with Crippen LogP contribution >= 0.6 is 15.9 Å². The summed E-state index contributed by atoms with van der Waals surface area (Å²) in [7, 11) is 2.67. The van der Waals surface area contributed by atoms with Crippen molar-refractivity contribution < 1.29 is 28.6 Å². The first-order valence-corrected chi connectivity index (χ1v) is 6.67. The van der Waals surface area contributed by atoms with Gasteiger partial charge in [0.1, 0.15) is 0 Å². The number of nitrogens with zero attached hydrogens (tertiary/aromatic N) is 1. The maximum atomic E-state index is 11.9. The predicted octanol–water partition coefficient (Wildman–Crippen LogP) is 0.330. The molecular weight excluding hydrogens is 348 g/mol. The summed E-state index contributed by atoms with van der Waals surface area (Å²) < 4.78 is 10.2. The Morgan fingerprint density at radius 2 is 2.14 bits per heavy atom. The topological polar surface area (TPSA) is 109 Å². The largest absolute Gasteiger partial charge is 0.479 e. The molecule has 0 saturated heterocycles. The molecule has 21 heavy (non-hydrogen) atoms. The Morgan fingerprint density at radius 1 is 1.48 bits per heavy atom. The maximum absolute atomic E-state index is 11.9. The minimum atomic E-state index is -1.18. The molecule has 0 fully saturated rings. The lowest BCUT2D eigenvalue weighted by Crippen LogP contribution is -2.43. The fourth-order valence-corrected chi connectivity index (χ4v) is 1.75. The van der Waals surface area contributed by atoms with Gasteiger partial charge < -0.3 is 24.5 Å². The van der Waals surface area contributed by atoms with Crippen LogP contribution in [0.2, 0.25) is 0 Å². The Morgan fingerprint density at radius 3 is 2.62 bits per heavy atom. The lowest BCUT2D eigenvalue weighted by molar-refractivity contribution is -0.148. The van der Waals surface area contributed by atoms with E-state index in [1.54, 1.807) is 6.07 Å². The van der Waals surface area contributed by atoms with Gasteiger partial charge in [-0.2, -0.15) is 0 Å². The molecule has 1 rings (SSSR count). The van der Waals surface area contributed by atoms with Crippen LogP contribution < -0.4 is 5.32 Å². The van der Waals surface area contributed by atoms with Crippen molar-refractivity contribution in [2.75, 3.05) is 27.2 Å². The van der Waals surface area contributed by atoms with Crippen LogP contribution in [-0.2, 0) is 14.3 Å². The van der Waals surface area contributed by atoms with E-state index in [-0.39, 0.29) is 18.8 Å². The number of carbonyl (C=O) groups excluding carboxylic acids is 2. The number of carbonyl (C=O) groups is 3. The number of amides is 2. The van der Waals surface area contributed by atoms with E-state index in [1.165, 1.54) is 20.2 Å². The predicted molar refractivity (Wildman–Crippen MR) is 74.8 cm³/mol. The van der Waals surface area contributed by atoms with Crippen molar-refractivity contribution in [1.82, 2.24) is 10.2 Å². The van der Waals surface area contributed by atoms with Gasteiger partial charge in [0.05, 0.1) is 13.1 Å². The summed E-state index contributed by atoms with van der Waals surface area (Å²) in [5.74, 6) is -2.04. The third-order valence-electron chi connectivity index (χ3n) is 2.56. The summed E-state index contributed by atoms with van der Waals surface area (Å²) in [5, 5.41) is 11.1. The van der Waals surface area contributed by atoms with E-state index in [2.05, 4.69) is 26.0 Å². The molecule has 0 spiro atoms. The fraction of sp³-hybridized carbons (Fsp3) is 0.417. The lowest BCUT2D eigenvalue weighted by atomic mass is 10.3. The number of aliphatic carboxylic acids is 1. The smallest absolute Gasteiger partial charge is 0.334 e. The van der Waals surface area contributed by atoms with Crippen molar-refractivity contribution in [3.05, 3.63) is 22.6 Å². The first kappa shape index (κ1) is 17.2. The van der Waals surface area contributed by atoms with Crippen LogP contribution in [0.5, 0.6) is 0 Å². The molecule has 0 aliphatic carbocycles. The molecular formula is C12H15BrN2O6. The van der Waals surface area contributed by atoms with E-state index in [0.29, 0.717) is 4.67 Å². The molecule has 1 heterocycles. The third-order valence-corrected chi connectivity index (χ3v) is 2.98. The van der Waals surface area contributed by atoms with Gasteiger partial charge in [0.2, 0.25) is 5.91 Å². The average molecular weight is 363 g/mol. The number of halogens is 1. The molecule has 2 N–H and O–H groups in total. The number of rotatable bonds is 7. The molecule has 9 heteroatoms. The molecule has 0 radical (unpaired) electrons. The molecule has 1 aromatic rings. The van der Waals surface area contributed by atoms with Crippen LogP contribution in [0.4, 0.5) is 0 Å². The monoisotopic (exact) mass is 362 g/mol. The second-order valence-electron chi connectivity index (χ2n) is 4.13. The van der Waals surface area contributed by atoms with Crippen molar-refractivity contribution >= 4 is 33.7 Å². The summed E-state index contributed by atoms with van der Waals surface area (Å²) in [4.78, 5) is 35.4. The van der Waals surface area contributed by atoms with Crippen LogP contribution in [0, 0.1) is 0 Å². The Kier molecular flexibility index (Phi) is 6.38. The number of methoxy groups -OCH3 is 1. The molecule has 116 valence electrons. The Labute approximate surface area is 129 Å². The molecule has 2 amide bonds. The molecule has 0 aliphatic rings. The summed E-state index contributed by atoms with van der Waals surface area (Å²) in [5.41, 5.74) is 0. The van der Waals surface area contributed by atoms with Gasteiger partial charge in [-0.1, -0.05) is 0 Å². The number of carboxylic acids is 1. The van der Waals surface area contributed by atoms with Crippen molar-refractivity contribution in [3.8, 4) is 0 Å². The highest BCUT2D eigenvalue weighted by Gasteiger charge is 2.20. The van der Waals surface area contributed by atoms with Crippen molar-refractivity contribution in [3.63, 3.8) is 0 Å². The SMILES string of the molecule is COC(CNC(=O)CN(C)C(=O)c1ccc(Br)o1)C(=O)O. The quantitative estimate of drug-likeness (QED) is 0.723. The average Bonchev–Trinajstić information content (AvgIpc) is 2.84. The summed E-state index contributed by atoms with van der Waals surface area (Å²) >= 11 is 3.08. The zero-order valence-corrected chi connectivity index (χ0v) is 13.0. The van der Waals surface area contributed by atoms with Crippen molar-refractivity contribution in [2.45, 2.75) is 6.10 Å². The van der Waals surface area contributed by atoms with Gasteiger partial charge in [0.15, 0.2) is 16.5 Å². The first-order chi connectivity index (χ1) is 9.85. The normalized spacial score (nSPS) is 11.8. The number of carboxylic acid groups (broad SMARTS) is 1. The first-order valence-electron chi connectivity index (χ1n) is 5.88. The molecule has 0 bridgehead atoms. The van der Waals surface area contributed by atoms with E-state index in [1.807, 2.05) is 0 Å². The van der Waals surface area contributed by atoms with Gasteiger partial charge >= 0.3 is 5.97 Å². The molecule has 1 aromatic heterocycles. The summed E-state index contributed by atoms with van der Waals surface area (Å²) in [6.45, 7) is -0.411. The standard InChI is InChI=1S/C12H15BrN2O6/c1-15(11(17)7-3-4-9(13)21-7)6-10(16)14-5-8(20-2)12(18)19/h3-4,8H,5-6H2,1-2H3,(H,14,16)(H,18,19). The van der Waals surface area contributed by atoms with Crippen molar-refractivity contribution in [1.29, 1.82) is 0 Å². The zero-order valence-electron chi connectivity index (χ0n) is 11.5. The van der Waals surface area contributed by atoms with Gasteiger partial charge in [-0.15, -0.1) is 0 Å². The highest BCUT2D eigenvalue weighted by atomic mass is 79.9. The van der Waals surface area contributed by atoms with Crippen LogP contribution in [0.1, 0.15) is 10.6 Å². The fourth-order valence-electron chi connectivity index (χ4n) is 1.44.